The fraction of sp³-hybridized carbons (Fsp3) is 0.125. The third-order valence-electron chi connectivity index (χ3n) is 6.39. The maximum absolute atomic E-state index is 13.8. The first-order chi connectivity index (χ1) is 19.4. The summed E-state index contributed by atoms with van der Waals surface area (Å²) in [5, 5.41) is 14.9. The predicted molar refractivity (Wildman–Crippen MR) is 152 cm³/mol. The lowest BCUT2D eigenvalue weighted by atomic mass is 10.0. The van der Waals surface area contributed by atoms with Crippen molar-refractivity contribution in [1.82, 2.24) is 9.78 Å². The molecule has 0 saturated heterocycles. The van der Waals surface area contributed by atoms with Gasteiger partial charge < -0.3 is 14.6 Å². The van der Waals surface area contributed by atoms with E-state index in [2.05, 4.69) is 0 Å². The Hall–Kier alpha value is -4.62. The molecule has 0 atom stereocenters. The molecule has 8 heteroatoms. The molecule has 1 N–H and O–H groups in total. The van der Waals surface area contributed by atoms with Gasteiger partial charge in [0.2, 0.25) is 0 Å². The van der Waals surface area contributed by atoms with Crippen LogP contribution in [0.15, 0.2) is 97.1 Å². The highest BCUT2D eigenvalue weighted by molar-refractivity contribution is 6.30. The molecule has 0 amide bonds. The molecule has 6 nitrogen and oxygen atoms in total. The summed E-state index contributed by atoms with van der Waals surface area (Å²) in [6, 6.07) is 28.4. The number of para-hydroxylation sites is 1. The van der Waals surface area contributed by atoms with Gasteiger partial charge in [-0.2, -0.15) is 5.10 Å². The molecule has 0 unspecified atom stereocenters. The van der Waals surface area contributed by atoms with Gasteiger partial charge in [0.25, 0.3) is 0 Å². The van der Waals surface area contributed by atoms with E-state index in [-0.39, 0.29) is 18.8 Å². The molecule has 0 aliphatic carbocycles. The molecule has 0 aliphatic rings. The summed E-state index contributed by atoms with van der Waals surface area (Å²) in [6.45, 7) is 0.656. The van der Waals surface area contributed by atoms with Gasteiger partial charge in [0.05, 0.1) is 31.5 Å². The summed E-state index contributed by atoms with van der Waals surface area (Å²) < 4.78 is 27.3. The Kier molecular flexibility index (Phi) is 8.12. The molecule has 202 valence electrons. The number of aromatic nitrogens is 2. The topological polar surface area (TPSA) is 73.6 Å². The molecule has 5 rings (SSSR count). The first kappa shape index (κ1) is 27.0. The van der Waals surface area contributed by atoms with E-state index in [1.807, 2.05) is 53.2 Å². The average molecular weight is 557 g/mol. The Morgan fingerprint density at radius 2 is 1.73 bits per heavy atom. The van der Waals surface area contributed by atoms with Crippen LogP contribution < -0.4 is 9.47 Å². The van der Waals surface area contributed by atoms with E-state index in [1.54, 1.807) is 43.5 Å². The van der Waals surface area contributed by atoms with Gasteiger partial charge in [-0.05, 0) is 71.8 Å². The highest BCUT2D eigenvalue weighted by Gasteiger charge is 2.18. The first-order valence-electron chi connectivity index (χ1n) is 12.6. The molecule has 0 bridgehead atoms. The average Bonchev–Trinajstić information content (AvgIpc) is 3.36. The second-order valence-electron chi connectivity index (χ2n) is 9.21. The second-order valence-corrected chi connectivity index (χ2v) is 9.65. The van der Waals surface area contributed by atoms with Gasteiger partial charge in [0, 0.05) is 21.7 Å². The first-order valence-corrected chi connectivity index (χ1v) is 13.0. The number of carbonyl (C=O) groups is 1. The highest BCUT2D eigenvalue weighted by atomic mass is 35.5. The standard InChI is InChI=1S/C32H26ClFN2O4/c1-39-30-8-3-2-6-24(30)19-36-29(23-10-12-26(34)13-11-23)18-28(35-36)27-16-21(17-32(37)38)9-14-31(27)40-20-22-5-4-7-25(33)15-22/h2-16,18H,17,19-20H2,1H3,(H,37,38). The van der Waals surface area contributed by atoms with Gasteiger partial charge >= 0.3 is 5.97 Å². The monoisotopic (exact) mass is 556 g/mol. The predicted octanol–water partition coefficient (Wildman–Crippen LogP) is 7.27. The molecule has 4 aromatic carbocycles. The Balaban J connectivity index is 1.59. The molecule has 0 radical (unpaired) electrons. The van der Waals surface area contributed by atoms with Gasteiger partial charge in [-0.3, -0.25) is 9.48 Å². The van der Waals surface area contributed by atoms with Gasteiger partial charge in [-0.25, -0.2) is 4.39 Å². The summed E-state index contributed by atoms with van der Waals surface area (Å²) in [7, 11) is 1.62. The second kappa shape index (κ2) is 12.1. The van der Waals surface area contributed by atoms with Gasteiger partial charge in [-0.1, -0.05) is 48.0 Å². The molecule has 5 aromatic rings. The Morgan fingerprint density at radius 3 is 2.48 bits per heavy atom. The van der Waals surface area contributed by atoms with Crippen molar-refractivity contribution in [3.8, 4) is 34.0 Å². The van der Waals surface area contributed by atoms with Crippen molar-refractivity contribution in [2.45, 2.75) is 19.6 Å². The van der Waals surface area contributed by atoms with Crippen LogP contribution in [-0.2, 0) is 24.4 Å². The zero-order valence-corrected chi connectivity index (χ0v) is 22.4. The zero-order valence-electron chi connectivity index (χ0n) is 21.7. The largest absolute Gasteiger partial charge is 0.496 e. The highest BCUT2D eigenvalue weighted by Crippen LogP contribution is 2.35. The Morgan fingerprint density at radius 1 is 0.925 bits per heavy atom. The smallest absolute Gasteiger partial charge is 0.307 e. The molecular weight excluding hydrogens is 531 g/mol. The van der Waals surface area contributed by atoms with E-state index in [9.17, 15) is 14.3 Å². The maximum atomic E-state index is 13.8. The number of hydrogen-bond donors (Lipinski definition) is 1. The number of methoxy groups -OCH3 is 1. The lowest BCUT2D eigenvalue weighted by Gasteiger charge is -2.12. The molecule has 1 heterocycles. The lowest BCUT2D eigenvalue weighted by molar-refractivity contribution is -0.136. The number of nitrogens with zero attached hydrogens (tertiary/aromatic N) is 2. The van der Waals surface area contributed by atoms with Crippen molar-refractivity contribution in [1.29, 1.82) is 0 Å². The summed E-state index contributed by atoms with van der Waals surface area (Å²) in [6.07, 6.45) is -0.145. The van der Waals surface area contributed by atoms with Crippen LogP contribution in [0.4, 0.5) is 4.39 Å². The van der Waals surface area contributed by atoms with Crippen LogP contribution in [0.25, 0.3) is 22.5 Å². The minimum Gasteiger partial charge on any atom is -0.496 e. The van der Waals surface area contributed by atoms with Crippen molar-refractivity contribution < 1.29 is 23.8 Å². The number of carboxylic acid groups (broad SMARTS) is 1. The molecule has 40 heavy (non-hydrogen) atoms. The summed E-state index contributed by atoms with van der Waals surface area (Å²) >= 11 is 6.14. The van der Waals surface area contributed by atoms with E-state index >= 15 is 0 Å². The molecular formula is C32H26ClFN2O4. The van der Waals surface area contributed by atoms with Crippen LogP contribution in [0.5, 0.6) is 11.5 Å². The number of benzene rings is 4. The van der Waals surface area contributed by atoms with E-state index < -0.39 is 5.97 Å². The minimum atomic E-state index is -0.938. The van der Waals surface area contributed by atoms with Gasteiger partial charge in [0.15, 0.2) is 0 Å². The third-order valence-corrected chi connectivity index (χ3v) is 6.63. The molecule has 1 aromatic heterocycles. The van der Waals surface area contributed by atoms with E-state index in [1.165, 1.54) is 12.1 Å². The fourth-order valence-corrected chi connectivity index (χ4v) is 4.71. The van der Waals surface area contributed by atoms with Crippen LogP contribution >= 0.6 is 11.6 Å². The van der Waals surface area contributed by atoms with Crippen LogP contribution in [0, 0.1) is 5.82 Å². The minimum absolute atomic E-state index is 0.145. The molecule has 0 fully saturated rings. The number of hydrogen-bond acceptors (Lipinski definition) is 4. The van der Waals surface area contributed by atoms with E-state index in [0.29, 0.717) is 34.1 Å². The van der Waals surface area contributed by atoms with Crippen molar-refractivity contribution >= 4 is 17.6 Å². The zero-order chi connectivity index (χ0) is 28.1. The van der Waals surface area contributed by atoms with Gasteiger partial charge in [-0.15, -0.1) is 0 Å². The van der Waals surface area contributed by atoms with Crippen LogP contribution in [-0.4, -0.2) is 28.0 Å². The number of aliphatic carboxylic acids is 1. The number of carboxylic acids is 1. The maximum Gasteiger partial charge on any atom is 0.307 e. The number of rotatable bonds is 10. The van der Waals surface area contributed by atoms with Crippen molar-refractivity contribution in [2.24, 2.45) is 0 Å². The summed E-state index contributed by atoms with van der Waals surface area (Å²) in [5.74, 6) is -0.00888. The Bertz CT molecular complexity index is 1650. The van der Waals surface area contributed by atoms with Crippen molar-refractivity contribution in [3.63, 3.8) is 0 Å². The molecule has 0 saturated carbocycles. The number of halogens is 2. The quantitative estimate of drug-likeness (QED) is 0.196. The van der Waals surface area contributed by atoms with Gasteiger partial charge in [0.1, 0.15) is 23.9 Å². The normalized spacial score (nSPS) is 10.9. The van der Waals surface area contributed by atoms with Crippen LogP contribution in [0.3, 0.4) is 0 Å². The van der Waals surface area contributed by atoms with Crippen LogP contribution in [0.1, 0.15) is 16.7 Å². The lowest BCUT2D eigenvalue weighted by Crippen LogP contribution is -2.06. The fourth-order valence-electron chi connectivity index (χ4n) is 4.49. The Labute approximate surface area is 236 Å². The third kappa shape index (κ3) is 6.33. The van der Waals surface area contributed by atoms with Crippen LogP contribution in [0.2, 0.25) is 5.02 Å². The number of ether oxygens (including phenoxy) is 2. The van der Waals surface area contributed by atoms with Crippen molar-refractivity contribution in [3.05, 3.63) is 125 Å². The SMILES string of the molecule is COc1ccccc1Cn1nc(-c2cc(CC(=O)O)ccc2OCc2cccc(Cl)c2)cc1-c1ccc(F)cc1. The molecule has 0 spiro atoms. The van der Waals surface area contributed by atoms with Crippen molar-refractivity contribution in [2.75, 3.05) is 7.11 Å². The summed E-state index contributed by atoms with van der Waals surface area (Å²) in [5.41, 5.74) is 5.18. The van der Waals surface area contributed by atoms with E-state index in [0.717, 1.165) is 28.1 Å². The molecule has 0 aliphatic heterocycles. The van der Waals surface area contributed by atoms with E-state index in [4.69, 9.17) is 26.2 Å². The summed E-state index contributed by atoms with van der Waals surface area (Å²) in [4.78, 5) is 11.5.